The van der Waals surface area contributed by atoms with Gasteiger partial charge in [-0.25, -0.2) is 8.78 Å². The van der Waals surface area contributed by atoms with Crippen molar-refractivity contribution >= 4 is 11.8 Å². The highest BCUT2D eigenvalue weighted by molar-refractivity contribution is 7.99. The first-order valence-electron chi connectivity index (χ1n) is 7.39. The fraction of sp³-hybridized carbons (Fsp3) is 0.625. The Balaban J connectivity index is 2.45. The molecule has 0 aliphatic carbocycles. The number of benzene rings is 1. The Morgan fingerprint density at radius 3 is 2.52 bits per heavy atom. The molecule has 120 valence electrons. The van der Waals surface area contributed by atoms with E-state index in [1.165, 1.54) is 17.8 Å². The van der Waals surface area contributed by atoms with Crippen molar-refractivity contribution in [3.8, 4) is 0 Å². The Bertz CT molecular complexity index is 436. The van der Waals surface area contributed by atoms with E-state index in [-0.39, 0.29) is 12.1 Å². The number of aliphatic hydroxyl groups is 1. The molecule has 0 fully saturated rings. The molecule has 0 saturated heterocycles. The molecule has 0 aliphatic heterocycles. The molecule has 0 heterocycles. The molecule has 0 aromatic heterocycles. The Morgan fingerprint density at radius 1 is 1.29 bits per heavy atom. The molecular formula is C16H25F2NOS. The summed E-state index contributed by atoms with van der Waals surface area (Å²) in [7, 11) is 0. The van der Waals surface area contributed by atoms with Gasteiger partial charge < -0.3 is 10.4 Å². The predicted molar refractivity (Wildman–Crippen MR) is 84.7 cm³/mol. The monoisotopic (exact) mass is 317 g/mol. The summed E-state index contributed by atoms with van der Waals surface area (Å²) in [5, 5.41) is 13.1. The van der Waals surface area contributed by atoms with Crippen LogP contribution in [0.2, 0.25) is 0 Å². The topological polar surface area (TPSA) is 32.3 Å². The van der Waals surface area contributed by atoms with Gasteiger partial charge in [-0.3, -0.25) is 0 Å². The van der Waals surface area contributed by atoms with Crippen LogP contribution in [-0.2, 0) is 0 Å². The van der Waals surface area contributed by atoms with Crippen LogP contribution < -0.4 is 5.32 Å². The van der Waals surface area contributed by atoms with Crippen LogP contribution in [0.3, 0.4) is 0 Å². The predicted octanol–water partition coefficient (Wildman–Crippen LogP) is 3.98. The molecule has 1 rings (SSSR count). The number of aliphatic hydroxyl groups excluding tert-OH is 1. The fourth-order valence-electron chi connectivity index (χ4n) is 2.37. The molecule has 2 N–H and O–H groups in total. The molecule has 0 amide bonds. The van der Waals surface area contributed by atoms with Gasteiger partial charge in [0, 0.05) is 16.5 Å². The molecule has 0 saturated carbocycles. The summed E-state index contributed by atoms with van der Waals surface area (Å²) >= 11 is 1.51. The van der Waals surface area contributed by atoms with Gasteiger partial charge in [-0.05, 0) is 43.2 Å². The van der Waals surface area contributed by atoms with E-state index >= 15 is 0 Å². The molecule has 0 radical (unpaired) electrons. The van der Waals surface area contributed by atoms with Crippen molar-refractivity contribution in [3.05, 3.63) is 29.8 Å². The van der Waals surface area contributed by atoms with Crippen LogP contribution in [0, 0.1) is 11.6 Å². The number of halogens is 2. The Morgan fingerprint density at radius 2 is 2.00 bits per heavy atom. The van der Waals surface area contributed by atoms with Gasteiger partial charge in [0.25, 0.3) is 0 Å². The minimum Gasteiger partial charge on any atom is -0.394 e. The van der Waals surface area contributed by atoms with Crippen molar-refractivity contribution < 1.29 is 13.9 Å². The number of hydrogen-bond acceptors (Lipinski definition) is 3. The Labute approximate surface area is 130 Å². The van der Waals surface area contributed by atoms with Crippen molar-refractivity contribution in [3.63, 3.8) is 0 Å². The van der Waals surface area contributed by atoms with E-state index in [0.717, 1.165) is 36.0 Å². The second kappa shape index (κ2) is 8.71. The largest absolute Gasteiger partial charge is 0.394 e. The lowest BCUT2D eigenvalue weighted by atomic mass is 9.91. The maximum Gasteiger partial charge on any atom is 0.159 e. The van der Waals surface area contributed by atoms with Gasteiger partial charge in [0.2, 0.25) is 0 Å². The summed E-state index contributed by atoms with van der Waals surface area (Å²) in [6, 6.07) is 4.29. The highest BCUT2D eigenvalue weighted by Crippen LogP contribution is 2.24. The van der Waals surface area contributed by atoms with Crippen LogP contribution >= 0.6 is 11.8 Å². The lowest BCUT2D eigenvalue weighted by Gasteiger charge is -2.34. The van der Waals surface area contributed by atoms with Crippen LogP contribution in [0.15, 0.2) is 23.1 Å². The highest BCUT2D eigenvalue weighted by atomic mass is 32.2. The molecule has 1 atom stereocenters. The van der Waals surface area contributed by atoms with Gasteiger partial charge in [0.05, 0.1) is 6.61 Å². The Hall–Kier alpha value is -0.650. The van der Waals surface area contributed by atoms with Gasteiger partial charge >= 0.3 is 0 Å². The second-order valence-electron chi connectivity index (χ2n) is 5.62. The number of nitrogens with one attached hydrogen (secondary N) is 1. The Kier molecular flexibility index (Phi) is 7.63. The zero-order valence-electron chi connectivity index (χ0n) is 13.0. The third kappa shape index (κ3) is 5.93. The summed E-state index contributed by atoms with van der Waals surface area (Å²) in [6.45, 7) is 6.30. The van der Waals surface area contributed by atoms with Crippen LogP contribution in [0.25, 0.3) is 0 Å². The molecule has 0 bridgehead atoms. The molecule has 2 nitrogen and oxygen atoms in total. The van der Waals surface area contributed by atoms with E-state index in [9.17, 15) is 13.9 Å². The minimum absolute atomic E-state index is 0.109. The molecule has 5 heteroatoms. The van der Waals surface area contributed by atoms with Crippen LogP contribution in [0.5, 0.6) is 0 Å². The summed E-state index contributed by atoms with van der Waals surface area (Å²) in [6.07, 6.45) is 2.62. The average Bonchev–Trinajstić information content (AvgIpc) is 2.45. The lowest BCUT2D eigenvalue weighted by molar-refractivity contribution is 0.137. The number of hydrogen-bond donors (Lipinski definition) is 2. The second-order valence-corrected chi connectivity index (χ2v) is 6.79. The summed E-state index contributed by atoms with van der Waals surface area (Å²) in [4.78, 5) is 0.733. The van der Waals surface area contributed by atoms with Crippen molar-refractivity contribution in [2.24, 2.45) is 0 Å². The highest BCUT2D eigenvalue weighted by Gasteiger charge is 2.27. The van der Waals surface area contributed by atoms with E-state index in [1.807, 2.05) is 0 Å². The van der Waals surface area contributed by atoms with Gasteiger partial charge in [0.1, 0.15) is 0 Å². The minimum atomic E-state index is -0.814. The third-order valence-electron chi connectivity index (χ3n) is 3.53. The maximum absolute atomic E-state index is 13.1. The van der Waals surface area contributed by atoms with Crippen molar-refractivity contribution in [2.45, 2.75) is 56.5 Å². The third-order valence-corrected chi connectivity index (χ3v) is 4.61. The standard InChI is InChI=1S/C16H25F2NOS/c1-4-16(11-20,19-12(2)3)8-5-9-21-13-6-7-14(17)15(18)10-13/h6-7,10,12,19-20H,4-5,8-9,11H2,1-3H3. The van der Waals surface area contributed by atoms with Gasteiger partial charge in [-0.15, -0.1) is 11.8 Å². The van der Waals surface area contributed by atoms with Crippen molar-refractivity contribution in [2.75, 3.05) is 12.4 Å². The summed E-state index contributed by atoms with van der Waals surface area (Å²) in [5.74, 6) is -0.808. The van der Waals surface area contributed by atoms with Gasteiger partial charge in [-0.2, -0.15) is 0 Å². The van der Waals surface area contributed by atoms with Crippen LogP contribution in [-0.4, -0.2) is 29.0 Å². The molecule has 1 unspecified atom stereocenters. The first kappa shape index (κ1) is 18.4. The zero-order chi connectivity index (χ0) is 15.9. The van der Waals surface area contributed by atoms with Crippen LogP contribution in [0.4, 0.5) is 8.78 Å². The molecular weight excluding hydrogens is 292 g/mol. The SMILES string of the molecule is CCC(CO)(CCCSc1ccc(F)c(F)c1)NC(C)C. The molecule has 1 aromatic carbocycles. The molecule has 0 aliphatic rings. The van der Waals surface area contributed by atoms with E-state index in [2.05, 4.69) is 26.1 Å². The van der Waals surface area contributed by atoms with E-state index in [0.29, 0.717) is 6.04 Å². The maximum atomic E-state index is 13.1. The number of rotatable bonds is 9. The van der Waals surface area contributed by atoms with Gasteiger partial charge in [0.15, 0.2) is 11.6 Å². The summed E-state index contributed by atoms with van der Waals surface area (Å²) < 4.78 is 25.9. The first-order valence-corrected chi connectivity index (χ1v) is 8.37. The van der Waals surface area contributed by atoms with Gasteiger partial charge in [-0.1, -0.05) is 20.8 Å². The lowest BCUT2D eigenvalue weighted by Crippen LogP contribution is -2.51. The van der Waals surface area contributed by atoms with E-state index in [4.69, 9.17) is 0 Å². The molecule has 1 aromatic rings. The van der Waals surface area contributed by atoms with Crippen molar-refractivity contribution in [1.82, 2.24) is 5.32 Å². The average molecular weight is 317 g/mol. The van der Waals surface area contributed by atoms with Crippen molar-refractivity contribution in [1.29, 1.82) is 0 Å². The number of thioether (sulfide) groups is 1. The normalized spacial score (nSPS) is 14.4. The van der Waals surface area contributed by atoms with E-state index in [1.54, 1.807) is 6.07 Å². The zero-order valence-corrected chi connectivity index (χ0v) is 13.8. The summed E-state index contributed by atoms with van der Waals surface area (Å²) in [5.41, 5.74) is -0.247. The van der Waals surface area contributed by atoms with E-state index < -0.39 is 11.6 Å². The molecule has 0 spiro atoms. The smallest absolute Gasteiger partial charge is 0.159 e. The first-order chi connectivity index (χ1) is 9.92. The van der Waals surface area contributed by atoms with Crippen LogP contribution in [0.1, 0.15) is 40.0 Å². The fourth-order valence-corrected chi connectivity index (χ4v) is 3.24. The molecule has 21 heavy (non-hydrogen) atoms. The quantitative estimate of drug-likeness (QED) is 0.534.